The quantitative estimate of drug-likeness (QED) is 0.768. The van der Waals surface area contributed by atoms with Gasteiger partial charge in [-0.25, -0.2) is 0 Å². The zero-order valence-corrected chi connectivity index (χ0v) is 16.6. The summed E-state index contributed by atoms with van der Waals surface area (Å²) >= 11 is 0. The molecule has 0 aromatic carbocycles. The van der Waals surface area contributed by atoms with Crippen molar-refractivity contribution in [2.24, 2.45) is 7.05 Å². The van der Waals surface area contributed by atoms with Gasteiger partial charge < -0.3 is 9.09 Å². The predicted molar refractivity (Wildman–Crippen MR) is 101 cm³/mol. The van der Waals surface area contributed by atoms with Crippen LogP contribution in [0.25, 0.3) is 0 Å². The number of likely N-dealkylation sites (tertiary alicyclic amines) is 2. The largest absolute Gasteiger partial charge is 0.338 e. The van der Waals surface area contributed by atoms with E-state index in [1.807, 2.05) is 6.92 Å². The summed E-state index contributed by atoms with van der Waals surface area (Å²) in [5.41, 5.74) is 0. The van der Waals surface area contributed by atoms with Gasteiger partial charge in [0.25, 0.3) is 0 Å². The molecule has 0 amide bonds. The molecule has 2 fully saturated rings. The van der Waals surface area contributed by atoms with Gasteiger partial charge in [-0.2, -0.15) is 4.98 Å². The molecule has 148 valence electrons. The highest BCUT2D eigenvalue weighted by Gasteiger charge is 2.27. The van der Waals surface area contributed by atoms with Crippen LogP contribution in [-0.2, 0) is 26.6 Å². The summed E-state index contributed by atoms with van der Waals surface area (Å²) in [6.07, 6.45) is 7.10. The second-order valence-electron chi connectivity index (χ2n) is 7.90. The maximum atomic E-state index is 5.37. The first-order chi connectivity index (χ1) is 13.2. The number of aryl methyl sites for hydroxylation is 1. The topological polar surface area (TPSA) is 76.1 Å². The Kier molecular flexibility index (Phi) is 5.83. The fourth-order valence-corrected chi connectivity index (χ4v) is 4.29. The van der Waals surface area contributed by atoms with Crippen LogP contribution < -0.4 is 0 Å². The lowest BCUT2D eigenvalue weighted by Gasteiger charge is -2.31. The van der Waals surface area contributed by atoms with E-state index in [1.54, 1.807) is 0 Å². The van der Waals surface area contributed by atoms with Crippen molar-refractivity contribution in [3.05, 3.63) is 23.4 Å². The summed E-state index contributed by atoms with van der Waals surface area (Å²) in [5.74, 6) is 4.13. The zero-order valence-electron chi connectivity index (χ0n) is 16.6. The lowest BCUT2D eigenvalue weighted by atomic mass is 9.97. The summed E-state index contributed by atoms with van der Waals surface area (Å²) in [5, 5.41) is 13.1. The molecule has 2 saturated heterocycles. The molecule has 0 unspecified atom stereocenters. The lowest BCUT2D eigenvalue weighted by molar-refractivity contribution is 0.172. The van der Waals surface area contributed by atoms with Gasteiger partial charge in [0.1, 0.15) is 11.6 Å². The first kappa shape index (κ1) is 18.6. The van der Waals surface area contributed by atoms with E-state index < -0.39 is 0 Å². The van der Waals surface area contributed by atoms with Crippen LogP contribution in [0.4, 0.5) is 0 Å². The monoisotopic (exact) mass is 373 g/mol. The zero-order chi connectivity index (χ0) is 18.6. The van der Waals surface area contributed by atoms with Gasteiger partial charge in [0.05, 0.1) is 13.1 Å². The van der Waals surface area contributed by atoms with Crippen molar-refractivity contribution in [3.8, 4) is 0 Å². The molecule has 4 rings (SSSR count). The number of aromatic nitrogens is 5. The summed E-state index contributed by atoms with van der Waals surface area (Å²) in [7, 11) is 2.12. The van der Waals surface area contributed by atoms with E-state index in [4.69, 9.17) is 4.52 Å². The maximum Gasteiger partial charge on any atom is 0.240 e. The van der Waals surface area contributed by atoms with Crippen LogP contribution in [0, 0.1) is 0 Å². The van der Waals surface area contributed by atoms with Crippen molar-refractivity contribution in [2.75, 3.05) is 26.2 Å². The van der Waals surface area contributed by atoms with Crippen molar-refractivity contribution in [3.63, 3.8) is 0 Å². The molecular formula is C19H31N7O. The summed E-state index contributed by atoms with van der Waals surface area (Å²) in [4.78, 5) is 9.36. The molecule has 2 aromatic heterocycles. The molecule has 2 aromatic rings. The molecule has 0 aliphatic carbocycles. The van der Waals surface area contributed by atoms with Gasteiger partial charge in [-0.1, -0.05) is 18.5 Å². The number of nitrogens with zero attached hydrogens (tertiary/aromatic N) is 7. The van der Waals surface area contributed by atoms with Crippen LogP contribution in [0.1, 0.15) is 68.3 Å². The molecular weight excluding hydrogens is 342 g/mol. The van der Waals surface area contributed by atoms with E-state index in [9.17, 15) is 0 Å². The summed E-state index contributed by atoms with van der Waals surface area (Å²) in [6, 6.07) is 0. The van der Waals surface area contributed by atoms with Crippen molar-refractivity contribution in [2.45, 2.75) is 64.5 Å². The first-order valence-corrected chi connectivity index (χ1v) is 10.4. The Morgan fingerprint density at radius 1 is 1.00 bits per heavy atom. The van der Waals surface area contributed by atoms with E-state index in [-0.39, 0.29) is 0 Å². The minimum Gasteiger partial charge on any atom is -0.338 e. The minimum absolute atomic E-state index is 0.417. The smallest absolute Gasteiger partial charge is 0.240 e. The van der Waals surface area contributed by atoms with Crippen LogP contribution in [0.15, 0.2) is 4.52 Å². The van der Waals surface area contributed by atoms with Crippen LogP contribution in [0.2, 0.25) is 0 Å². The molecule has 2 aliphatic heterocycles. The normalized spacial score (nSPS) is 22.4. The van der Waals surface area contributed by atoms with Crippen molar-refractivity contribution in [1.29, 1.82) is 0 Å². The molecule has 27 heavy (non-hydrogen) atoms. The molecule has 0 N–H and O–H groups in total. The average molecular weight is 374 g/mol. The van der Waals surface area contributed by atoms with E-state index in [0.29, 0.717) is 5.92 Å². The van der Waals surface area contributed by atoms with Gasteiger partial charge in [0, 0.05) is 25.9 Å². The van der Waals surface area contributed by atoms with Crippen LogP contribution in [-0.4, -0.2) is 60.9 Å². The second-order valence-corrected chi connectivity index (χ2v) is 7.90. The van der Waals surface area contributed by atoms with Crippen LogP contribution >= 0.6 is 0 Å². The van der Waals surface area contributed by atoms with Gasteiger partial charge in [-0.3, -0.25) is 9.80 Å². The Morgan fingerprint density at radius 2 is 1.81 bits per heavy atom. The molecule has 2 aliphatic rings. The number of hydrogen-bond acceptors (Lipinski definition) is 7. The highest BCUT2D eigenvalue weighted by Crippen LogP contribution is 2.27. The van der Waals surface area contributed by atoms with Gasteiger partial charge >= 0.3 is 0 Å². The van der Waals surface area contributed by atoms with E-state index in [1.165, 1.54) is 32.4 Å². The third kappa shape index (κ3) is 4.38. The van der Waals surface area contributed by atoms with E-state index >= 15 is 0 Å². The molecule has 4 heterocycles. The number of hydrogen-bond donors (Lipinski definition) is 0. The van der Waals surface area contributed by atoms with Gasteiger partial charge in [0.2, 0.25) is 5.89 Å². The number of piperidine rings is 2. The molecule has 8 nitrogen and oxygen atoms in total. The van der Waals surface area contributed by atoms with Crippen LogP contribution in [0.3, 0.4) is 0 Å². The molecule has 0 saturated carbocycles. The Bertz CT molecular complexity index is 734. The number of rotatable bonds is 6. The first-order valence-electron chi connectivity index (χ1n) is 10.4. The fourth-order valence-electron chi connectivity index (χ4n) is 4.29. The van der Waals surface area contributed by atoms with Gasteiger partial charge in [0.15, 0.2) is 5.82 Å². The molecule has 0 radical (unpaired) electrons. The molecule has 0 bridgehead atoms. The van der Waals surface area contributed by atoms with E-state index in [2.05, 4.69) is 41.8 Å². The van der Waals surface area contributed by atoms with Crippen LogP contribution in [0.5, 0.6) is 0 Å². The van der Waals surface area contributed by atoms with Gasteiger partial charge in [-0.15, -0.1) is 10.2 Å². The summed E-state index contributed by atoms with van der Waals surface area (Å²) in [6.45, 7) is 8.09. The molecule has 8 heteroatoms. The lowest BCUT2D eigenvalue weighted by Crippen LogP contribution is -2.35. The third-order valence-corrected chi connectivity index (χ3v) is 5.87. The Hall–Kier alpha value is -1.80. The summed E-state index contributed by atoms with van der Waals surface area (Å²) < 4.78 is 7.60. The van der Waals surface area contributed by atoms with E-state index in [0.717, 1.165) is 68.8 Å². The highest BCUT2D eigenvalue weighted by molar-refractivity contribution is 5.04. The van der Waals surface area contributed by atoms with Crippen molar-refractivity contribution in [1.82, 2.24) is 34.7 Å². The second kappa shape index (κ2) is 8.48. The Balaban J connectivity index is 1.39. The maximum absolute atomic E-state index is 5.37. The van der Waals surface area contributed by atoms with Crippen molar-refractivity contribution >= 4 is 0 Å². The van der Waals surface area contributed by atoms with Gasteiger partial charge in [-0.05, 0) is 45.3 Å². The standard InChI is InChI=1S/C19H31N7O/c1-3-16-20-18(27-23-16)14-26-11-7-8-15(12-26)19-22-21-17(24(19)2)13-25-9-5-4-6-10-25/h15H,3-14H2,1-2H3/t15-/m0/s1. The molecule has 1 atom stereocenters. The predicted octanol–water partition coefficient (Wildman–Crippen LogP) is 2.13. The Labute approximate surface area is 160 Å². The Morgan fingerprint density at radius 3 is 2.59 bits per heavy atom. The minimum atomic E-state index is 0.417. The molecule has 0 spiro atoms. The highest BCUT2D eigenvalue weighted by atomic mass is 16.5. The van der Waals surface area contributed by atoms with Crippen molar-refractivity contribution < 1.29 is 4.52 Å². The fraction of sp³-hybridized carbons (Fsp3) is 0.789. The third-order valence-electron chi connectivity index (χ3n) is 5.87. The average Bonchev–Trinajstić information content (AvgIpc) is 3.30. The SMILES string of the molecule is CCc1noc(CN2CCC[C@H](c3nnc(CN4CCCCC4)n3C)C2)n1.